The number of nitrogens with zero attached hydrogens (tertiary/aromatic N) is 3. The van der Waals surface area contributed by atoms with Gasteiger partial charge in [-0.15, -0.1) is 22.7 Å². The van der Waals surface area contributed by atoms with E-state index in [1.165, 1.54) is 0 Å². The van der Waals surface area contributed by atoms with E-state index in [4.69, 9.17) is 0 Å². The Morgan fingerprint density at radius 1 is 1.15 bits per heavy atom. The van der Waals surface area contributed by atoms with Crippen molar-refractivity contribution >= 4 is 34.3 Å². The SMILES string of the molecule is Cc1cc(C)n(-c2ccccc2NC(=O)Cc2csc(-c3cccs3)n2)n1. The fraction of sp³-hybridized carbons (Fsp3) is 0.150. The molecule has 0 saturated heterocycles. The molecule has 4 aromatic rings. The molecule has 27 heavy (non-hydrogen) atoms. The average Bonchev–Trinajstić information content (AvgIpc) is 3.36. The minimum absolute atomic E-state index is 0.0907. The lowest BCUT2D eigenvalue weighted by Gasteiger charge is -2.12. The lowest BCUT2D eigenvalue weighted by atomic mass is 10.2. The molecule has 1 aromatic carbocycles. The van der Waals surface area contributed by atoms with Crippen LogP contribution in [0.4, 0.5) is 5.69 Å². The molecule has 7 heteroatoms. The highest BCUT2D eigenvalue weighted by atomic mass is 32.1. The van der Waals surface area contributed by atoms with Gasteiger partial charge < -0.3 is 5.32 Å². The molecule has 1 N–H and O–H groups in total. The van der Waals surface area contributed by atoms with E-state index in [1.54, 1.807) is 22.7 Å². The molecule has 1 amide bonds. The van der Waals surface area contributed by atoms with Gasteiger partial charge in [-0.3, -0.25) is 4.79 Å². The zero-order valence-corrected chi connectivity index (χ0v) is 16.6. The Balaban J connectivity index is 1.51. The topological polar surface area (TPSA) is 59.8 Å². The molecule has 0 spiro atoms. The van der Waals surface area contributed by atoms with E-state index >= 15 is 0 Å². The number of aryl methyl sites for hydroxylation is 2. The number of thiophene rings is 1. The third-order valence-electron chi connectivity index (χ3n) is 4.04. The summed E-state index contributed by atoms with van der Waals surface area (Å²) in [6, 6.07) is 13.7. The maximum Gasteiger partial charge on any atom is 0.230 e. The summed E-state index contributed by atoms with van der Waals surface area (Å²) in [4.78, 5) is 18.3. The normalized spacial score (nSPS) is 10.9. The van der Waals surface area contributed by atoms with Gasteiger partial charge in [-0.05, 0) is 43.5 Å². The number of rotatable bonds is 5. The number of amides is 1. The highest BCUT2D eigenvalue weighted by molar-refractivity contribution is 7.20. The molecule has 136 valence electrons. The van der Waals surface area contributed by atoms with Crippen LogP contribution in [0.5, 0.6) is 0 Å². The van der Waals surface area contributed by atoms with Crippen LogP contribution in [0.1, 0.15) is 17.1 Å². The number of carbonyl (C=O) groups is 1. The van der Waals surface area contributed by atoms with Crippen molar-refractivity contribution in [3.8, 4) is 15.6 Å². The van der Waals surface area contributed by atoms with Crippen molar-refractivity contribution in [2.75, 3.05) is 5.32 Å². The van der Waals surface area contributed by atoms with Gasteiger partial charge in [0.1, 0.15) is 5.01 Å². The van der Waals surface area contributed by atoms with Crippen molar-refractivity contribution in [3.05, 3.63) is 70.3 Å². The second-order valence-corrected chi connectivity index (χ2v) is 8.01. The van der Waals surface area contributed by atoms with E-state index in [2.05, 4.69) is 15.4 Å². The van der Waals surface area contributed by atoms with Crippen LogP contribution in [0, 0.1) is 13.8 Å². The monoisotopic (exact) mass is 394 g/mol. The van der Waals surface area contributed by atoms with Crippen LogP contribution < -0.4 is 5.32 Å². The van der Waals surface area contributed by atoms with Crippen molar-refractivity contribution in [1.82, 2.24) is 14.8 Å². The van der Waals surface area contributed by atoms with Crippen molar-refractivity contribution in [2.45, 2.75) is 20.3 Å². The molecule has 0 atom stereocenters. The molecule has 0 aliphatic carbocycles. The van der Waals surface area contributed by atoms with Gasteiger partial charge in [0.2, 0.25) is 5.91 Å². The predicted molar refractivity (Wildman–Crippen MR) is 111 cm³/mol. The molecular weight excluding hydrogens is 376 g/mol. The summed E-state index contributed by atoms with van der Waals surface area (Å²) >= 11 is 3.22. The van der Waals surface area contributed by atoms with Crippen molar-refractivity contribution in [1.29, 1.82) is 0 Å². The number of anilines is 1. The molecule has 0 bridgehead atoms. The molecule has 0 fully saturated rings. The summed E-state index contributed by atoms with van der Waals surface area (Å²) in [6.07, 6.45) is 0.243. The highest BCUT2D eigenvalue weighted by Gasteiger charge is 2.13. The standard InChI is InChI=1S/C20H18N4OS2/c1-13-10-14(2)24(23-13)17-7-4-3-6-16(17)22-19(25)11-15-12-27-20(21-15)18-8-5-9-26-18/h3-10,12H,11H2,1-2H3,(H,22,25). The van der Waals surface area contributed by atoms with E-state index in [-0.39, 0.29) is 12.3 Å². The van der Waals surface area contributed by atoms with E-state index in [0.29, 0.717) is 0 Å². The summed E-state index contributed by atoms with van der Waals surface area (Å²) in [7, 11) is 0. The third kappa shape index (κ3) is 3.84. The van der Waals surface area contributed by atoms with Gasteiger partial charge in [0.15, 0.2) is 0 Å². The summed E-state index contributed by atoms with van der Waals surface area (Å²) in [5, 5.41) is 12.5. The van der Waals surface area contributed by atoms with Gasteiger partial charge in [-0.1, -0.05) is 18.2 Å². The number of thiazole rings is 1. The average molecular weight is 395 g/mol. The maximum atomic E-state index is 12.6. The summed E-state index contributed by atoms with van der Waals surface area (Å²) in [6.45, 7) is 3.96. The first kappa shape index (κ1) is 17.6. The fourth-order valence-corrected chi connectivity index (χ4v) is 4.53. The quantitative estimate of drug-likeness (QED) is 0.526. The second-order valence-electron chi connectivity index (χ2n) is 6.20. The first-order chi connectivity index (χ1) is 13.1. The Morgan fingerprint density at radius 2 is 2.00 bits per heavy atom. The van der Waals surface area contributed by atoms with E-state index in [0.717, 1.165) is 38.3 Å². The minimum atomic E-state index is -0.0907. The Morgan fingerprint density at radius 3 is 2.74 bits per heavy atom. The van der Waals surface area contributed by atoms with Crippen LogP contribution in [-0.2, 0) is 11.2 Å². The van der Waals surface area contributed by atoms with E-state index in [1.807, 2.05) is 71.8 Å². The van der Waals surface area contributed by atoms with Crippen LogP contribution in [0.2, 0.25) is 0 Å². The van der Waals surface area contributed by atoms with Crippen LogP contribution in [0.3, 0.4) is 0 Å². The molecule has 0 aliphatic rings. The van der Waals surface area contributed by atoms with Gasteiger partial charge in [-0.2, -0.15) is 5.10 Å². The molecule has 0 saturated carbocycles. The van der Waals surface area contributed by atoms with Gasteiger partial charge in [0.25, 0.3) is 0 Å². The first-order valence-corrected chi connectivity index (χ1v) is 10.3. The zero-order chi connectivity index (χ0) is 18.8. The largest absolute Gasteiger partial charge is 0.324 e. The molecule has 0 radical (unpaired) electrons. The zero-order valence-electron chi connectivity index (χ0n) is 15.0. The van der Waals surface area contributed by atoms with Crippen molar-refractivity contribution < 1.29 is 4.79 Å². The molecule has 5 nitrogen and oxygen atoms in total. The third-order valence-corrected chi connectivity index (χ3v) is 5.97. The predicted octanol–water partition coefficient (Wildman–Crippen LogP) is 4.86. The smallest absolute Gasteiger partial charge is 0.230 e. The minimum Gasteiger partial charge on any atom is -0.324 e. The Bertz CT molecular complexity index is 1080. The van der Waals surface area contributed by atoms with Crippen LogP contribution in [-0.4, -0.2) is 20.7 Å². The lowest BCUT2D eigenvalue weighted by Crippen LogP contribution is -2.16. The van der Waals surface area contributed by atoms with Crippen molar-refractivity contribution in [3.63, 3.8) is 0 Å². The van der Waals surface area contributed by atoms with E-state index in [9.17, 15) is 4.79 Å². The Kier molecular flexibility index (Phi) is 4.87. The molecule has 3 aromatic heterocycles. The number of aromatic nitrogens is 3. The fourth-order valence-electron chi connectivity index (χ4n) is 2.90. The maximum absolute atomic E-state index is 12.6. The number of nitrogens with one attached hydrogen (secondary N) is 1. The Hall–Kier alpha value is -2.77. The van der Waals surface area contributed by atoms with Gasteiger partial charge in [0.05, 0.1) is 34.1 Å². The number of carbonyl (C=O) groups excluding carboxylic acids is 1. The van der Waals surface area contributed by atoms with Crippen LogP contribution in [0.25, 0.3) is 15.6 Å². The molecular formula is C20H18N4OS2. The van der Waals surface area contributed by atoms with E-state index < -0.39 is 0 Å². The van der Waals surface area contributed by atoms with Gasteiger partial charge in [0, 0.05) is 11.1 Å². The summed E-state index contributed by atoms with van der Waals surface area (Å²) in [5.74, 6) is -0.0907. The Labute approximate surface area is 165 Å². The number of para-hydroxylation sites is 2. The lowest BCUT2D eigenvalue weighted by molar-refractivity contribution is -0.115. The summed E-state index contributed by atoms with van der Waals surface area (Å²) in [5.41, 5.74) is 4.34. The van der Waals surface area contributed by atoms with Gasteiger partial charge >= 0.3 is 0 Å². The number of hydrogen-bond donors (Lipinski definition) is 1. The number of hydrogen-bond acceptors (Lipinski definition) is 5. The molecule has 3 heterocycles. The van der Waals surface area contributed by atoms with Crippen molar-refractivity contribution in [2.24, 2.45) is 0 Å². The molecule has 0 aliphatic heterocycles. The summed E-state index contributed by atoms with van der Waals surface area (Å²) < 4.78 is 1.85. The van der Waals surface area contributed by atoms with Crippen LogP contribution >= 0.6 is 22.7 Å². The second kappa shape index (κ2) is 7.46. The van der Waals surface area contributed by atoms with Gasteiger partial charge in [-0.25, -0.2) is 9.67 Å². The first-order valence-electron chi connectivity index (χ1n) is 8.51. The van der Waals surface area contributed by atoms with Crippen LogP contribution in [0.15, 0.2) is 53.2 Å². The number of benzene rings is 1. The highest BCUT2D eigenvalue weighted by Crippen LogP contribution is 2.28. The molecule has 0 unspecified atom stereocenters. The molecule has 4 rings (SSSR count).